The fourth-order valence-corrected chi connectivity index (χ4v) is 3.95. The van der Waals surface area contributed by atoms with Crippen LogP contribution in [-0.4, -0.2) is 8.42 Å². The smallest absolute Gasteiger partial charge is 0.182 e. The topological polar surface area (TPSA) is 69.4 Å². The van der Waals surface area contributed by atoms with E-state index in [1.165, 1.54) is 0 Å². The molecule has 26 heavy (non-hydrogen) atoms. The Balaban J connectivity index is 1.78. The number of benzene rings is 3. The highest BCUT2D eigenvalue weighted by molar-refractivity contribution is 7.90. The third kappa shape index (κ3) is 4.43. The van der Waals surface area contributed by atoms with E-state index in [4.69, 9.17) is 10.5 Å². The van der Waals surface area contributed by atoms with Crippen molar-refractivity contribution in [3.05, 3.63) is 89.5 Å². The van der Waals surface area contributed by atoms with Crippen LogP contribution in [0.3, 0.4) is 0 Å². The summed E-state index contributed by atoms with van der Waals surface area (Å²) in [5.41, 5.74) is 9.02. The van der Waals surface area contributed by atoms with Crippen LogP contribution in [0.25, 0.3) is 0 Å². The number of aryl methyl sites for hydroxylation is 1. The van der Waals surface area contributed by atoms with Gasteiger partial charge in [-0.15, -0.1) is 0 Å². The van der Waals surface area contributed by atoms with Gasteiger partial charge in [-0.1, -0.05) is 48.0 Å². The fraction of sp³-hybridized carbons (Fsp3) is 0.143. The van der Waals surface area contributed by atoms with Crippen molar-refractivity contribution in [3.8, 4) is 5.75 Å². The second kappa shape index (κ2) is 7.62. The Kier molecular flexibility index (Phi) is 5.28. The second-order valence-corrected chi connectivity index (χ2v) is 8.20. The maximum Gasteiger partial charge on any atom is 0.182 e. The molecule has 0 saturated heterocycles. The van der Waals surface area contributed by atoms with Gasteiger partial charge in [-0.2, -0.15) is 0 Å². The van der Waals surface area contributed by atoms with E-state index in [2.05, 4.69) is 0 Å². The molecule has 0 saturated carbocycles. The number of hydrogen-bond donors (Lipinski definition) is 1. The predicted octanol–water partition coefficient (Wildman–Crippen LogP) is 4.13. The van der Waals surface area contributed by atoms with Crippen LogP contribution in [-0.2, 0) is 22.2 Å². The highest BCUT2D eigenvalue weighted by Gasteiger charge is 2.17. The molecule has 0 aliphatic carbocycles. The number of ether oxygens (including phenoxy) is 1. The van der Waals surface area contributed by atoms with Gasteiger partial charge < -0.3 is 10.5 Å². The summed E-state index contributed by atoms with van der Waals surface area (Å²) in [6, 6.07) is 21.7. The zero-order valence-corrected chi connectivity index (χ0v) is 15.4. The number of nitrogen functional groups attached to an aromatic ring is 1. The van der Waals surface area contributed by atoms with Crippen LogP contribution in [0, 0.1) is 6.92 Å². The molecule has 0 bridgehead atoms. The molecule has 5 heteroatoms. The van der Waals surface area contributed by atoms with E-state index < -0.39 is 9.84 Å². The molecule has 0 unspecified atom stereocenters. The van der Waals surface area contributed by atoms with Crippen molar-refractivity contribution in [2.24, 2.45) is 0 Å². The van der Waals surface area contributed by atoms with Gasteiger partial charge in [-0.25, -0.2) is 8.42 Å². The van der Waals surface area contributed by atoms with Crippen molar-refractivity contribution in [2.75, 3.05) is 5.73 Å². The van der Waals surface area contributed by atoms with Crippen molar-refractivity contribution < 1.29 is 13.2 Å². The molecule has 3 aromatic carbocycles. The maximum atomic E-state index is 12.7. The van der Waals surface area contributed by atoms with Crippen molar-refractivity contribution in [2.45, 2.75) is 24.2 Å². The summed E-state index contributed by atoms with van der Waals surface area (Å²) in [5, 5.41) is 0. The quantitative estimate of drug-likeness (QED) is 0.665. The monoisotopic (exact) mass is 367 g/mol. The largest absolute Gasteiger partial charge is 0.489 e. The molecule has 0 aliphatic heterocycles. The lowest BCUT2D eigenvalue weighted by Crippen LogP contribution is -2.07. The molecule has 3 aromatic rings. The van der Waals surface area contributed by atoms with E-state index in [-0.39, 0.29) is 10.6 Å². The Labute approximate surface area is 154 Å². The zero-order valence-electron chi connectivity index (χ0n) is 14.6. The number of rotatable bonds is 6. The van der Waals surface area contributed by atoms with Crippen LogP contribution in [0.2, 0.25) is 0 Å². The van der Waals surface area contributed by atoms with E-state index in [0.29, 0.717) is 23.6 Å². The first-order valence-electron chi connectivity index (χ1n) is 8.28. The molecule has 0 amide bonds. The summed E-state index contributed by atoms with van der Waals surface area (Å²) in [7, 11) is -3.47. The Morgan fingerprint density at radius 3 is 2.31 bits per heavy atom. The van der Waals surface area contributed by atoms with Crippen LogP contribution < -0.4 is 10.5 Å². The maximum absolute atomic E-state index is 12.7. The zero-order chi connectivity index (χ0) is 18.6. The van der Waals surface area contributed by atoms with Crippen molar-refractivity contribution >= 4 is 15.5 Å². The Morgan fingerprint density at radius 1 is 0.923 bits per heavy atom. The summed E-state index contributed by atoms with van der Waals surface area (Å²) < 4.78 is 31.1. The van der Waals surface area contributed by atoms with E-state index in [1.54, 1.807) is 42.5 Å². The summed E-state index contributed by atoms with van der Waals surface area (Å²) in [6.07, 6.45) is 0. The fourth-order valence-electron chi connectivity index (χ4n) is 2.57. The lowest BCUT2D eigenvalue weighted by atomic mass is 10.2. The van der Waals surface area contributed by atoms with Crippen molar-refractivity contribution in [1.29, 1.82) is 0 Å². The molecular weight excluding hydrogens is 346 g/mol. The molecule has 0 radical (unpaired) electrons. The standard InChI is InChI=1S/C21H21NO3S/c1-16-7-10-20(11-8-16)26(23,24)15-18-13-19(9-12-21(18)22)25-14-17-5-3-2-4-6-17/h2-13H,14-15,22H2,1H3. The molecule has 0 atom stereocenters. The summed E-state index contributed by atoms with van der Waals surface area (Å²) in [4.78, 5) is 0.290. The van der Waals surface area contributed by atoms with Crippen LogP contribution in [0.15, 0.2) is 77.7 Å². The highest BCUT2D eigenvalue weighted by Crippen LogP contribution is 2.25. The van der Waals surface area contributed by atoms with Crippen molar-refractivity contribution in [3.63, 3.8) is 0 Å². The summed E-state index contributed by atoms with van der Waals surface area (Å²) >= 11 is 0. The predicted molar refractivity (Wildman–Crippen MR) is 104 cm³/mol. The first-order valence-corrected chi connectivity index (χ1v) is 9.94. The number of hydrogen-bond acceptors (Lipinski definition) is 4. The first kappa shape index (κ1) is 18.0. The highest BCUT2D eigenvalue weighted by atomic mass is 32.2. The second-order valence-electron chi connectivity index (χ2n) is 6.21. The Morgan fingerprint density at radius 2 is 1.62 bits per heavy atom. The summed E-state index contributed by atoms with van der Waals surface area (Å²) in [5.74, 6) is 0.432. The lowest BCUT2D eigenvalue weighted by molar-refractivity contribution is 0.306. The van der Waals surface area contributed by atoms with E-state index in [1.807, 2.05) is 37.3 Å². The molecule has 134 valence electrons. The minimum Gasteiger partial charge on any atom is -0.489 e. The van der Waals surface area contributed by atoms with E-state index in [9.17, 15) is 8.42 Å². The molecule has 2 N–H and O–H groups in total. The van der Waals surface area contributed by atoms with Gasteiger partial charge >= 0.3 is 0 Å². The molecule has 0 heterocycles. The third-order valence-electron chi connectivity index (χ3n) is 4.09. The number of nitrogens with two attached hydrogens (primary N) is 1. The van der Waals surface area contributed by atoms with Gasteiger partial charge in [-0.05, 0) is 48.4 Å². The lowest BCUT2D eigenvalue weighted by Gasteiger charge is -2.11. The molecule has 0 aliphatic rings. The number of sulfone groups is 1. The van der Waals surface area contributed by atoms with Crippen molar-refractivity contribution in [1.82, 2.24) is 0 Å². The van der Waals surface area contributed by atoms with Gasteiger partial charge in [0, 0.05) is 5.69 Å². The SMILES string of the molecule is Cc1ccc(S(=O)(=O)Cc2cc(OCc3ccccc3)ccc2N)cc1. The number of anilines is 1. The van der Waals surface area contributed by atoms with Gasteiger partial charge in [0.05, 0.1) is 10.6 Å². The average Bonchev–Trinajstić information content (AvgIpc) is 2.63. The van der Waals surface area contributed by atoms with Gasteiger partial charge in [0.15, 0.2) is 9.84 Å². The van der Waals surface area contributed by atoms with Gasteiger partial charge in [0.2, 0.25) is 0 Å². The normalized spacial score (nSPS) is 11.3. The van der Waals surface area contributed by atoms with Crippen LogP contribution in [0.4, 0.5) is 5.69 Å². The van der Waals surface area contributed by atoms with Gasteiger partial charge in [0.25, 0.3) is 0 Å². The minimum atomic E-state index is -3.47. The van der Waals surface area contributed by atoms with E-state index >= 15 is 0 Å². The Hall–Kier alpha value is -2.79. The van der Waals surface area contributed by atoms with Gasteiger partial charge in [-0.3, -0.25) is 0 Å². The molecular formula is C21H21NO3S. The van der Waals surface area contributed by atoms with Crippen LogP contribution in [0.5, 0.6) is 5.75 Å². The molecule has 4 nitrogen and oxygen atoms in total. The third-order valence-corrected chi connectivity index (χ3v) is 5.77. The summed E-state index contributed by atoms with van der Waals surface area (Å²) in [6.45, 7) is 2.33. The average molecular weight is 367 g/mol. The van der Waals surface area contributed by atoms with Crippen LogP contribution in [0.1, 0.15) is 16.7 Å². The van der Waals surface area contributed by atoms with E-state index in [0.717, 1.165) is 11.1 Å². The van der Waals surface area contributed by atoms with Gasteiger partial charge in [0.1, 0.15) is 12.4 Å². The minimum absolute atomic E-state index is 0.162. The Bertz CT molecular complexity index is 982. The molecule has 0 aromatic heterocycles. The molecule has 3 rings (SSSR count). The first-order chi connectivity index (χ1) is 12.4. The molecule has 0 spiro atoms. The van der Waals surface area contributed by atoms with Crippen LogP contribution >= 0.6 is 0 Å². The molecule has 0 fully saturated rings.